The molecule has 20 heavy (non-hydrogen) atoms. The zero-order chi connectivity index (χ0) is 15.8. The molecule has 0 aliphatic carbocycles. The van der Waals surface area contributed by atoms with Gasteiger partial charge in [0.1, 0.15) is 6.58 Å². The summed E-state index contributed by atoms with van der Waals surface area (Å²) in [5.74, 6) is -0.410. The van der Waals surface area contributed by atoms with E-state index in [1.165, 1.54) is 0 Å². The average Bonchev–Trinajstić information content (AvgIpc) is 2.44. The zero-order valence-corrected chi connectivity index (χ0v) is 12.1. The van der Waals surface area contributed by atoms with Crippen LogP contribution in [0.25, 0.3) is 0 Å². The van der Waals surface area contributed by atoms with Gasteiger partial charge in [-0.05, 0) is 26.1 Å². The lowest BCUT2D eigenvalue weighted by Gasteiger charge is -2.22. The van der Waals surface area contributed by atoms with Crippen molar-refractivity contribution in [1.82, 2.24) is 10.2 Å². The fourth-order valence-electron chi connectivity index (χ4n) is 1.76. The Bertz CT molecular complexity index is 465. The van der Waals surface area contributed by atoms with E-state index in [1.807, 2.05) is 13.0 Å². The first-order valence-electron chi connectivity index (χ1n) is 7.18. The summed E-state index contributed by atoms with van der Waals surface area (Å²) in [6.07, 6.45) is 0.581. The summed E-state index contributed by atoms with van der Waals surface area (Å²) in [5, 5.41) is 2.19. The molecule has 2 amide bonds. The number of benzene rings is 1. The van der Waals surface area contributed by atoms with Crippen LogP contribution in [-0.2, 0) is 16.1 Å². The lowest BCUT2D eigenvalue weighted by atomic mass is 10.1. The molecule has 0 radical (unpaired) electrons. The molecule has 5 nitrogen and oxygen atoms in total. The third kappa shape index (κ3) is 5.40. The Morgan fingerprint density at radius 2 is 2.00 bits per heavy atom. The molecule has 0 aromatic heterocycles. The summed E-state index contributed by atoms with van der Waals surface area (Å²) in [4.78, 5) is 25.4. The Hall–Kier alpha value is -1.88. The molecule has 0 fully saturated rings. The van der Waals surface area contributed by atoms with Crippen molar-refractivity contribution in [1.29, 1.82) is 0 Å². The molecule has 1 rings (SSSR count). The van der Waals surface area contributed by atoms with Gasteiger partial charge in [-0.25, -0.2) is 4.79 Å². The van der Waals surface area contributed by atoms with E-state index in [-0.39, 0.29) is 6.04 Å². The number of carbonyl (C=O) groups is 2. The van der Waals surface area contributed by atoms with Crippen LogP contribution < -0.4 is 5.32 Å². The van der Waals surface area contributed by atoms with Gasteiger partial charge in [-0.3, -0.25) is 15.0 Å². The first kappa shape index (κ1) is 14.5. The highest BCUT2D eigenvalue weighted by atomic mass is 16.5. The van der Waals surface area contributed by atoms with Crippen LogP contribution in [0.4, 0.5) is 4.79 Å². The second-order valence-electron chi connectivity index (χ2n) is 4.69. The van der Waals surface area contributed by atoms with Crippen molar-refractivity contribution >= 4 is 12.0 Å². The molecule has 0 aliphatic heterocycles. The van der Waals surface area contributed by atoms with Crippen LogP contribution in [0.5, 0.6) is 0 Å². The summed E-state index contributed by atoms with van der Waals surface area (Å²) >= 11 is 0. The number of carbonyl (C=O) groups excluding carboxylic acids is 2. The standard InChI is InChI=1S/C15H22N2O3/c1-4-8-13(17(2)3)14(18)16-15(19)20-11-12-9-6-5-7-10-12/h5-7,9-10,13H,4,8,11H2,1-3H3,(H,16,18,19)/t13-/m0/s1/i11D/t11?,13-. The Morgan fingerprint density at radius 1 is 1.35 bits per heavy atom. The van der Waals surface area contributed by atoms with Crippen molar-refractivity contribution in [2.75, 3.05) is 14.1 Å². The number of amides is 2. The van der Waals surface area contributed by atoms with E-state index in [0.29, 0.717) is 12.0 Å². The molecule has 0 aliphatic rings. The van der Waals surface area contributed by atoms with Gasteiger partial charge in [-0.15, -0.1) is 0 Å². The van der Waals surface area contributed by atoms with Gasteiger partial charge in [0.2, 0.25) is 5.91 Å². The van der Waals surface area contributed by atoms with Gasteiger partial charge in [0, 0.05) is 0 Å². The van der Waals surface area contributed by atoms with E-state index in [2.05, 4.69) is 5.32 Å². The predicted octanol–water partition coefficient (Wildman–Crippen LogP) is 2.17. The van der Waals surface area contributed by atoms with Crippen molar-refractivity contribution in [3.8, 4) is 0 Å². The number of hydrogen-bond donors (Lipinski definition) is 1. The highest BCUT2D eigenvalue weighted by Gasteiger charge is 2.22. The summed E-state index contributed by atoms with van der Waals surface area (Å²) in [6.45, 7) is 0.820. The molecule has 2 atom stereocenters. The third-order valence-electron chi connectivity index (χ3n) is 2.81. The topological polar surface area (TPSA) is 58.6 Å². The van der Waals surface area contributed by atoms with Crippen LogP contribution in [0.15, 0.2) is 30.3 Å². The van der Waals surface area contributed by atoms with Gasteiger partial charge in [0.15, 0.2) is 0 Å². The minimum atomic E-state index is -1.15. The van der Waals surface area contributed by atoms with Crippen LogP contribution in [0.2, 0.25) is 0 Å². The predicted molar refractivity (Wildman–Crippen MR) is 77.2 cm³/mol. The van der Waals surface area contributed by atoms with E-state index in [1.54, 1.807) is 43.3 Å². The summed E-state index contributed by atoms with van der Waals surface area (Å²) in [5.41, 5.74) is 0.554. The van der Waals surface area contributed by atoms with Gasteiger partial charge in [0.05, 0.1) is 7.41 Å². The number of likely N-dealkylation sites (N-methyl/N-ethyl adjacent to an activating group) is 1. The van der Waals surface area contributed by atoms with Crippen LogP contribution in [0.1, 0.15) is 26.7 Å². The average molecular weight is 279 g/mol. The van der Waals surface area contributed by atoms with E-state index in [0.717, 1.165) is 6.42 Å². The summed E-state index contributed by atoms with van der Waals surface area (Å²) in [7, 11) is 3.56. The zero-order valence-electron chi connectivity index (χ0n) is 13.1. The quantitative estimate of drug-likeness (QED) is 0.867. The van der Waals surface area contributed by atoms with Crippen LogP contribution in [0.3, 0.4) is 0 Å². The van der Waals surface area contributed by atoms with E-state index < -0.39 is 18.6 Å². The lowest BCUT2D eigenvalue weighted by Crippen LogP contribution is -2.45. The highest BCUT2D eigenvalue weighted by Crippen LogP contribution is 2.04. The molecule has 0 spiro atoms. The largest absolute Gasteiger partial charge is 0.444 e. The Balaban J connectivity index is 2.54. The van der Waals surface area contributed by atoms with E-state index in [4.69, 9.17) is 6.11 Å². The maximum absolute atomic E-state index is 12.0. The second kappa shape index (κ2) is 8.32. The third-order valence-corrected chi connectivity index (χ3v) is 2.81. The van der Waals surface area contributed by atoms with Crippen LogP contribution in [-0.4, -0.2) is 37.0 Å². The molecule has 1 unspecified atom stereocenters. The number of nitrogens with zero attached hydrogens (tertiary/aromatic N) is 1. The molecule has 110 valence electrons. The minimum Gasteiger partial charge on any atom is -0.444 e. The molecule has 1 N–H and O–H groups in total. The van der Waals surface area contributed by atoms with Crippen molar-refractivity contribution in [3.05, 3.63) is 35.9 Å². The lowest BCUT2D eigenvalue weighted by molar-refractivity contribution is -0.125. The maximum Gasteiger partial charge on any atom is 0.414 e. The van der Waals surface area contributed by atoms with E-state index >= 15 is 0 Å². The van der Waals surface area contributed by atoms with Crippen LogP contribution >= 0.6 is 0 Å². The van der Waals surface area contributed by atoms with Crippen molar-refractivity contribution < 1.29 is 15.7 Å². The van der Waals surface area contributed by atoms with Gasteiger partial charge in [0.25, 0.3) is 0 Å². The van der Waals surface area contributed by atoms with Crippen molar-refractivity contribution in [2.24, 2.45) is 0 Å². The number of alkyl carbamates (subject to hydrolysis) is 1. The number of nitrogens with one attached hydrogen (secondary N) is 1. The molecule has 0 saturated carbocycles. The first-order chi connectivity index (χ1) is 9.95. The molecule has 0 heterocycles. The fourth-order valence-corrected chi connectivity index (χ4v) is 1.76. The molecular formula is C15H22N2O3. The SMILES string of the molecule is [2H]C(OC(=O)NC(=O)[C@H](CCC)N(C)C)c1ccccc1. The normalized spacial score (nSPS) is 14.3. The number of imide groups is 1. The molecule has 1 aromatic carbocycles. The van der Waals surface area contributed by atoms with E-state index in [9.17, 15) is 9.59 Å². The van der Waals surface area contributed by atoms with Crippen LogP contribution in [0, 0.1) is 0 Å². The molecule has 1 aromatic rings. The van der Waals surface area contributed by atoms with Crippen molar-refractivity contribution in [2.45, 2.75) is 32.4 Å². The Morgan fingerprint density at radius 3 is 2.55 bits per heavy atom. The Kier molecular flexibility index (Phi) is 6.05. The maximum atomic E-state index is 12.0. The number of ether oxygens (including phenoxy) is 1. The molecular weight excluding hydrogens is 256 g/mol. The molecule has 0 bridgehead atoms. The number of hydrogen-bond acceptors (Lipinski definition) is 4. The minimum absolute atomic E-state index is 0.386. The summed E-state index contributed by atoms with van der Waals surface area (Å²) in [6, 6.07) is 8.31. The highest BCUT2D eigenvalue weighted by molar-refractivity contribution is 5.94. The van der Waals surface area contributed by atoms with Gasteiger partial charge < -0.3 is 4.74 Å². The smallest absolute Gasteiger partial charge is 0.414 e. The Labute approximate surface area is 121 Å². The first-order valence-corrected chi connectivity index (χ1v) is 6.60. The van der Waals surface area contributed by atoms with Crippen molar-refractivity contribution in [3.63, 3.8) is 0 Å². The van der Waals surface area contributed by atoms with Gasteiger partial charge >= 0.3 is 6.09 Å². The molecule has 0 saturated heterocycles. The second-order valence-corrected chi connectivity index (χ2v) is 4.69. The van der Waals surface area contributed by atoms with Gasteiger partial charge in [-0.2, -0.15) is 0 Å². The number of rotatable bonds is 6. The van der Waals surface area contributed by atoms with Gasteiger partial charge in [-0.1, -0.05) is 43.7 Å². The fraction of sp³-hybridized carbons (Fsp3) is 0.467. The molecule has 5 heteroatoms. The summed E-state index contributed by atoms with van der Waals surface area (Å²) < 4.78 is 12.6. The monoisotopic (exact) mass is 279 g/mol.